The first-order valence-electron chi connectivity index (χ1n) is 6.87. The second-order valence-corrected chi connectivity index (χ2v) is 8.07. The Bertz CT molecular complexity index is 550. The molecule has 0 saturated carbocycles. The summed E-state index contributed by atoms with van der Waals surface area (Å²) in [5.74, 6) is 0.561. The van der Waals surface area contributed by atoms with Crippen LogP contribution in [0.5, 0.6) is 0 Å². The van der Waals surface area contributed by atoms with E-state index in [9.17, 15) is 8.42 Å². The molecule has 116 valence electrons. The Kier molecular flexibility index (Phi) is 5.70. The van der Waals surface area contributed by atoms with E-state index in [1.54, 1.807) is 19.3 Å². The lowest BCUT2D eigenvalue weighted by atomic mass is 10.1. The van der Waals surface area contributed by atoms with E-state index in [-0.39, 0.29) is 18.0 Å². The molecule has 20 heavy (non-hydrogen) atoms. The van der Waals surface area contributed by atoms with Crippen LogP contribution in [0.2, 0.25) is 0 Å². The minimum Gasteiger partial charge on any atom is -0.346 e. The van der Waals surface area contributed by atoms with Gasteiger partial charge < -0.3 is 4.57 Å². The summed E-state index contributed by atoms with van der Waals surface area (Å²) in [7, 11) is -1.84. The van der Waals surface area contributed by atoms with Gasteiger partial charge in [-0.2, -0.15) is 4.31 Å². The summed E-state index contributed by atoms with van der Waals surface area (Å²) in [5, 5.41) is 0. The molecule has 1 unspecified atom stereocenters. The van der Waals surface area contributed by atoms with Crippen molar-refractivity contribution in [1.82, 2.24) is 8.87 Å². The van der Waals surface area contributed by atoms with Crippen molar-refractivity contribution in [1.29, 1.82) is 0 Å². The van der Waals surface area contributed by atoms with E-state index in [1.807, 2.05) is 39.2 Å². The molecule has 0 aliphatic carbocycles. The third kappa shape index (κ3) is 3.38. The van der Waals surface area contributed by atoms with Crippen LogP contribution in [-0.4, -0.2) is 30.4 Å². The van der Waals surface area contributed by atoms with Gasteiger partial charge in [0.2, 0.25) is 10.0 Å². The molecule has 1 aromatic heterocycles. The Hall–Kier alpha value is -0.520. The van der Waals surface area contributed by atoms with Crippen LogP contribution < -0.4 is 0 Å². The number of sulfonamides is 1. The van der Waals surface area contributed by atoms with E-state index < -0.39 is 10.0 Å². The van der Waals surface area contributed by atoms with Crippen LogP contribution in [0.1, 0.15) is 46.4 Å². The number of hydrogen-bond donors (Lipinski definition) is 0. The Morgan fingerprint density at radius 3 is 2.15 bits per heavy atom. The van der Waals surface area contributed by atoms with Gasteiger partial charge in [0.05, 0.1) is 5.88 Å². The molecule has 1 heterocycles. The van der Waals surface area contributed by atoms with E-state index in [0.717, 1.165) is 5.69 Å². The van der Waals surface area contributed by atoms with Gasteiger partial charge >= 0.3 is 0 Å². The van der Waals surface area contributed by atoms with Gasteiger partial charge in [0.25, 0.3) is 0 Å². The molecule has 0 aromatic carbocycles. The molecule has 6 heteroatoms. The predicted octanol–water partition coefficient (Wildman–Crippen LogP) is 3.47. The highest BCUT2D eigenvalue weighted by Gasteiger charge is 2.28. The second kappa shape index (κ2) is 6.50. The highest BCUT2D eigenvalue weighted by Crippen LogP contribution is 2.25. The fraction of sp³-hybridized carbons (Fsp3) is 0.714. The summed E-state index contributed by atoms with van der Waals surface area (Å²) in [4.78, 5) is 0.317. The predicted molar refractivity (Wildman–Crippen MR) is 83.6 cm³/mol. The van der Waals surface area contributed by atoms with Crippen molar-refractivity contribution in [2.24, 2.45) is 5.92 Å². The quantitative estimate of drug-likeness (QED) is 0.753. The van der Waals surface area contributed by atoms with Crippen LogP contribution in [0.4, 0.5) is 0 Å². The first kappa shape index (κ1) is 17.5. The minimum atomic E-state index is -3.47. The number of alkyl halides is 1. The monoisotopic (exact) mass is 320 g/mol. The standard InChI is InChI=1S/C14H25ClN2O2S/c1-10(2)12(5)16(6)20(18,19)14-7-13(8-15)17(9-14)11(3)4/h7,9-12H,8H2,1-6H3. The highest BCUT2D eigenvalue weighted by molar-refractivity contribution is 7.89. The Morgan fingerprint density at radius 1 is 1.25 bits per heavy atom. The lowest BCUT2D eigenvalue weighted by molar-refractivity contribution is 0.315. The van der Waals surface area contributed by atoms with E-state index in [2.05, 4.69) is 0 Å². The van der Waals surface area contributed by atoms with Crippen molar-refractivity contribution < 1.29 is 8.42 Å². The number of aromatic nitrogens is 1. The summed E-state index contributed by atoms with van der Waals surface area (Å²) in [5.41, 5.74) is 0.825. The van der Waals surface area contributed by atoms with Crippen molar-refractivity contribution >= 4 is 21.6 Å². The zero-order chi connectivity index (χ0) is 15.7. The highest BCUT2D eigenvalue weighted by atomic mass is 35.5. The third-order valence-electron chi connectivity index (χ3n) is 3.82. The molecule has 0 bridgehead atoms. The first-order chi connectivity index (χ1) is 9.12. The van der Waals surface area contributed by atoms with Crippen molar-refractivity contribution in [3.8, 4) is 0 Å². The van der Waals surface area contributed by atoms with Crippen LogP contribution >= 0.6 is 11.6 Å². The van der Waals surface area contributed by atoms with Gasteiger partial charge in [-0.1, -0.05) is 13.8 Å². The fourth-order valence-corrected chi connectivity index (χ4v) is 3.79. The topological polar surface area (TPSA) is 42.3 Å². The molecule has 0 saturated heterocycles. The SMILES string of the molecule is CC(C)C(C)N(C)S(=O)(=O)c1cc(CCl)n(C(C)C)c1. The zero-order valence-corrected chi connectivity index (χ0v) is 14.7. The van der Waals surface area contributed by atoms with Gasteiger partial charge in [0.15, 0.2) is 0 Å². The fourth-order valence-electron chi connectivity index (χ4n) is 2.03. The maximum absolute atomic E-state index is 12.7. The van der Waals surface area contributed by atoms with Crippen LogP contribution in [0.15, 0.2) is 17.2 Å². The molecule has 1 rings (SSSR count). The van der Waals surface area contributed by atoms with E-state index in [0.29, 0.717) is 10.8 Å². The summed E-state index contributed by atoms with van der Waals surface area (Å²) in [6.07, 6.45) is 1.68. The molecule has 4 nitrogen and oxygen atoms in total. The van der Waals surface area contributed by atoms with E-state index in [1.165, 1.54) is 4.31 Å². The molecule has 0 aliphatic rings. The molecule has 0 aliphatic heterocycles. The van der Waals surface area contributed by atoms with Gasteiger partial charge in [0, 0.05) is 31.0 Å². The van der Waals surface area contributed by atoms with E-state index >= 15 is 0 Å². The summed E-state index contributed by atoms with van der Waals surface area (Å²) >= 11 is 5.90. The maximum Gasteiger partial charge on any atom is 0.244 e. The van der Waals surface area contributed by atoms with Crippen molar-refractivity contribution in [2.45, 2.75) is 57.5 Å². The Balaban J connectivity index is 3.23. The van der Waals surface area contributed by atoms with Gasteiger partial charge in [-0.15, -0.1) is 11.6 Å². The molecule has 1 aromatic rings. The number of rotatable bonds is 6. The molecule has 0 radical (unpaired) electrons. The lowest BCUT2D eigenvalue weighted by Crippen LogP contribution is -2.38. The summed E-state index contributed by atoms with van der Waals surface area (Å²) < 4.78 is 28.7. The van der Waals surface area contributed by atoms with Crippen LogP contribution in [0, 0.1) is 5.92 Å². The van der Waals surface area contributed by atoms with E-state index in [4.69, 9.17) is 11.6 Å². The number of halogens is 1. The Labute approximate surface area is 127 Å². The zero-order valence-electron chi connectivity index (χ0n) is 13.1. The van der Waals surface area contributed by atoms with Gasteiger partial charge in [-0.3, -0.25) is 0 Å². The number of nitrogens with zero attached hydrogens (tertiary/aromatic N) is 2. The summed E-state index contributed by atoms with van der Waals surface area (Å²) in [6, 6.07) is 1.80. The molecule has 0 N–H and O–H groups in total. The molecule has 0 spiro atoms. The average molecular weight is 321 g/mol. The van der Waals surface area contributed by atoms with Crippen molar-refractivity contribution in [3.63, 3.8) is 0 Å². The molecule has 1 atom stereocenters. The van der Waals surface area contributed by atoms with Crippen LogP contribution in [0.25, 0.3) is 0 Å². The van der Waals surface area contributed by atoms with Crippen LogP contribution in [0.3, 0.4) is 0 Å². The largest absolute Gasteiger partial charge is 0.346 e. The van der Waals surface area contributed by atoms with Crippen molar-refractivity contribution in [3.05, 3.63) is 18.0 Å². The average Bonchev–Trinajstić information content (AvgIpc) is 2.81. The van der Waals surface area contributed by atoms with Gasteiger partial charge in [0.1, 0.15) is 4.90 Å². The molecule has 0 amide bonds. The number of hydrogen-bond acceptors (Lipinski definition) is 2. The first-order valence-corrected chi connectivity index (χ1v) is 8.85. The van der Waals surface area contributed by atoms with Crippen LogP contribution in [-0.2, 0) is 15.9 Å². The molecular weight excluding hydrogens is 296 g/mol. The minimum absolute atomic E-state index is 0.0538. The van der Waals surface area contributed by atoms with Crippen molar-refractivity contribution in [2.75, 3.05) is 7.05 Å². The van der Waals surface area contributed by atoms with Gasteiger partial charge in [-0.25, -0.2) is 8.42 Å². The Morgan fingerprint density at radius 2 is 1.80 bits per heavy atom. The maximum atomic E-state index is 12.7. The van der Waals surface area contributed by atoms with Gasteiger partial charge in [-0.05, 0) is 32.8 Å². The molecular formula is C14H25ClN2O2S. The third-order valence-corrected chi connectivity index (χ3v) is 6.00. The molecule has 0 fully saturated rings. The second-order valence-electron chi connectivity index (χ2n) is 5.81. The normalized spacial score (nSPS) is 14.5. The summed E-state index contributed by atoms with van der Waals surface area (Å²) in [6.45, 7) is 9.96. The smallest absolute Gasteiger partial charge is 0.244 e. The lowest BCUT2D eigenvalue weighted by Gasteiger charge is -2.26.